The van der Waals surface area contributed by atoms with Gasteiger partial charge in [-0.1, -0.05) is 6.42 Å². The fourth-order valence-corrected chi connectivity index (χ4v) is 3.22. The van der Waals surface area contributed by atoms with Crippen molar-refractivity contribution in [2.45, 2.75) is 51.2 Å². The van der Waals surface area contributed by atoms with Gasteiger partial charge in [-0.15, -0.1) is 0 Å². The molecule has 0 saturated carbocycles. The van der Waals surface area contributed by atoms with Crippen LogP contribution in [0, 0.1) is 0 Å². The molecule has 1 unspecified atom stereocenters. The molecule has 1 atom stereocenters. The number of nitrogens with one attached hydrogen (secondary N) is 1. The maximum Gasteiger partial charge on any atom is 0.161 e. The molecule has 1 saturated heterocycles. The Hall–Kier alpha value is -1.29. The van der Waals surface area contributed by atoms with Crippen LogP contribution in [0.15, 0.2) is 12.1 Å². The van der Waals surface area contributed by atoms with Crippen LogP contribution in [0.1, 0.15) is 44.2 Å². The molecule has 0 aromatic heterocycles. The van der Waals surface area contributed by atoms with Crippen LogP contribution >= 0.6 is 0 Å². The summed E-state index contributed by atoms with van der Waals surface area (Å²) in [6, 6.07) is 4.23. The Morgan fingerprint density at radius 2 is 1.90 bits per heavy atom. The maximum absolute atomic E-state index is 14.6. The van der Waals surface area contributed by atoms with E-state index in [0.717, 1.165) is 36.3 Å². The molecule has 1 fully saturated rings. The number of ether oxygens (including phenoxy) is 2. The minimum atomic E-state index is -1.38. The molecule has 1 N–H and O–H groups in total. The molecular formula is C17H24FNO2. The molecule has 0 spiro atoms. The molecule has 3 rings (SSSR count). The third kappa shape index (κ3) is 3.31. The lowest BCUT2D eigenvalue weighted by atomic mass is 9.88. The first-order chi connectivity index (χ1) is 10.0. The molecule has 3 nitrogen and oxygen atoms in total. The Balaban J connectivity index is 1.92. The smallest absolute Gasteiger partial charge is 0.161 e. The monoisotopic (exact) mass is 293 g/mol. The van der Waals surface area contributed by atoms with Crippen LogP contribution in [-0.2, 0) is 12.1 Å². The van der Waals surface area contributed by atoms with E-state index in [-0.39, 0.29) is 0 Å². The van der Waals surface area contributed by atoms with Crippen molar-refractivity contribution < 1.29 is 13.9 Å². The summed E-state index contributed by atoms with van der Waals surface area (Å²) in [5, 5.41) is 3.53. The summed E-state index contributed by atoms with van der Waals surface area (Å²) in [7, 11) is 0. The Morgan fingerprint density at radius 3 is 2.52 bits per heavy atom. The standard InChI is InChI=1S/C17H24FNO2/c1-17(2,18)14-11-16-15(20-7-8-21-16)10-12(14)9-13-5-3-4-6-19-13/h10-11,13,19H,3-9H2,1-2H3. The number of benzene rings is 1. The van der Waals surface area contributed by atoms with Crippen molar-refractivity contribution in [3.8, 4) is 11.5 Å². The second-order valence-corrected chi connectivity index (χ2v) is 6.48. The van der Waals surface area contributed by atoms with Gasteiger partial charge in [0.15, 0.2) is 11.5 Å². The maximum atomic E-state index is 14.6. The molecule has 1 aromatic carbocycles. The van der Waals surface area contributed by atoms with E-state index in [9.17, 15) is 4.39 Å². The largest absolute Gasteiger partial charge is 0.486 e. The van der Waals surface area contributed by atoms with Gasteiger partial charge in [0.25, 0.3) is 0 Å². The zero-order chi connectivity index (χ0) is 14.9. The molecule has 0 bridgehead atoms. The van der Waals surface area contributed by atoms with Gasteiger partial charge in [0.05, 0.1) is 0 Å². The van der Waals surface area contributed by atoms with Gasteiger partial charge in [-0.25, -0.2) is 4.39 Å². The minimum absolute atomic E-state index is 0.433. The molecule has 116 valence electrons. The molecule has 2 heterocycles. The highest BCUT2D eigenvalue weighted by Gasteiger charge is 2.27. The molecule has 2 aliphatic rings. The highest BCUT2D eigenvalue weighted by atomic mass is 19.1. The highest BCUT2D eigenvalue weighted by molar-refractivity contribution is 5.50. The summed E-state index contributed by atoms with van der Waals surface area (Å²) >= 11 is 0. The first kappa shape index (κ1) is 14.6. The lowest BCUT2D eigenvalue weighted by Gasteiger charge is -2.28. The number of hydrogen-bond donors (Lipinski definition) is 1. The van der Waals surface area contributed by atoms with Crippen LogP contribution in [-0.4, -0.2) is 25.8 Å². The Bertz CT molecular complexity index is 504. The number of hydrogen-bond acceptors (Lipinski definition) is 3. The van der Waals surface area contributed by atoms with Gasteiger partial charge in [-0.3, -0.25) is 0 Å². The third-order valence-corrected chi connectivity index (χ3v) is 4.29. The number of halogens is 1. The summed E-state index contributed by atoms with van der Waals surface area (Å²) in [5.74, 6) is 1.42. The third-order valence-electron chi connectivity index (χ3n) is 4.29. The van der Waals surface area contributed by atoms with E-state index in [4.69, 9.17) is 9.47 Å². The van der Waals surface area contributed by atoms with E-state index < -0.39 is 5.67 Å². The van der Waals surface area contributed by atoms with Crippen LogP contribution in [0.2, 0.25) is 0 Å². The summed E-state index contributed by atoms with van der Waals surface area (Å²) < 4.78 is 25.8. The lowest BCUT2D eigenvalue weighted by Crippen LogP contribution is -2.36. The van der Waals surface area contributed by atoms with E-state index in [0.29, 0.717) is 25.0 Å². The quantitative estimate of drug-likeness (QED) is 0.927. The SMILES string of the molecule is CC(C)(F)c1cc2c(cc1CC1CCCCN1)OCCO2. The predicted molar refractivity (Wildman–Crippen MR) is 80.9 cm³/mol. The Morgan fingerprint density at radius 1 is 1.19 bits per heavy atom. The van der Waals surface area contributed by atoms with Crippen molar-refractivity contribution in [3.63, 3.8) is 0 Å². The molecule has 4 heteroatoms. The van der Waals surface area contributed by atoms with Crippen molar-refractivity contribution in [1.82, 2.24) is 5.32 Å². The van der Waals surface area contributed by atoms with Crippen LogP contribution in [0.5, 0.6) is 11.5 Å². The van der Waals surface area contributed by atoms with Crippen molar-refractivity contribution in [2.75, 3.05) is 19.8 Å². The van der Waals surface area contributed by atoms with Crippen LogP contribution in [0.4, 0.5) is 4.39 Å². The molecule has 0 amide bonds. The summed E-state index contributed by atoms with van der Waals surface area (Å²) in [6.45, 7) is 5.37. The van der Waals surface area contributed by atoms with Crippen LogP contribution < -0.4 is 14.8 Å². The second-order valence-electron chi connectivity index (χ2n) is 6.48. The Labute approximate surface area is 125 Å². The van der Waals surface area contributed by atoms with Crippen molar-refractivity contribution in [3.05, 3.63) is 23.3 Å². The van der Waals surface area contributed by atoms with Gasteiger partial charge < -0.3 is 14.8 Å². The average molecular weight is 293 g/mol. The lowest BCUT2D eigenvalue weighted by molar-refractivity contribution is 0.168. The number of piperidine rings is 1. The minimum Gasteiger partial charge on any atom is -0.486 e. The predicted octanol–water partition coefficient (Wildman–Crippen LogP) is 3.35. The number of alkyl halides is 1. The summed E-state index contributed by atoms with van der Waals surface area (Å²) in [5.41, 5.74) is 0.380. The van der Waals surface area contributed by atoms with Gasteiger partial charge in [-0.2, -0.15) is 0 Å². The first-order valence-corrected chi connectivity index (χ1v) is 7.89. The van der Waals surface area contributed by atoms with E-state index in [2.05, 4.69) is 5.32 Å². The molecule has 1 aromatic rings. The van der Waals surface area contributed by atoms with Gasteiger partial charge in [0.2, 0.25) is 0 Å². The zero-order valence-electron chi connectivity index (χ0n) is 12.9. The first-order valence-electron chi connectivity index (χ1n) is 7.89. The van der Waals surface area contributed by atoms with Gasteiger partial charge in [0.1, 0.15) is 18.9 Å². The Kier molecular flexibility index (Phi) is 4.07. The molecule has 0 aliphatic carbocycles. The topological polar surface area (TPSA) is 30.5 Å². The zero-order valence-corrected chi connectivity index (χ0v) is 12.9. The van der Waals surface area contributed by atoms with Crippen molar-refractivity contribution >= 4 is 0 Å². The second kappa shape index (κ2) is 5.84. The molecule has 21 heavy (non-hydrogen) atoms. The van der Waals surface area contributed by atoms with Crippen molar-refractivity contribution in [2.24, 2.45) is 0 Å². The summed E-state index contributed by atoms with van der Waals surface area (Å²) in [4.78, 5) is 0. The van der Waals surface area contributed by atoms with Crippen LogP contribution in [0.25, 0.3) is 0 Å². The fraction of sp³-hybridized carbons (Fsp3) is 0.647. The van der Waals surface area contributed by atoms with Crippen LogP contribution in [0.3, 0.4) is 0 Å². The molecule has 0 radical (unpaired) electrons. The van der Waals surface area contributed by atoms with E-state index >= 15 is 0 Å². The molecular weight excluding hydrogens is 269 g/mol. The van der Waals surface area contributed by atoms with Gasteiger partial charge in [-0.05, 0) is 62.9 Å². The normalized spacial score (nSPS) is 22.1. The fourth-order valence-electron chi connectivity index (χ4n) is 3.22. The summed E-state index contributed by atoms with van der Waals surface area (Å²) in [6.07, 6.45) is 4.48. The number of rotatable bonds is 3. The van der Waals surface area contributed by atoms with E-state index in [1.54, 1.807) is 13.8 Å². The van der Waals surface area contributed by atoms with Gasteiger partial charge in [0, 0.05) is 6.04 Å². The highest BCUT2D eigenvalue weighted by Crippen LogP contribution is 2.39. The number of fused-ring (bicyclic) bond motifs is 1. The van der Waals surface area contributed by atoms with E-state index in [1.165, 1.54) is 12.8 Å². The molecule has 2 aliphatic heterocycles. The van der Waals surface area contributed by atoms with Gasteiger partial charge >= 0.3 is 0 Å². The average Bonchev–Trinajstić information content (AvgIpc) is 2.46. The van der Waals surface area contributed by atoms with E-state index in [1.807, 2.05) is 12.1 Å². The van der Waals surface area contributed by atoms with Crippen molar-refractivity contribution in [1.29, 1.82) is 0 Å².